The summed E-state index contributed by atoms with van der Waals surface area (Å²) in [7, 11) is 0. The van der Waals surface area contributed by atoms with E-state index < -0.39 is 0 Å². The van der Waals surface area contributed by atoms with Gasteiger partial charge >= 0.3 is 0 Å². The van der Waals surface area contributed by atoms with Gasteiger partial charge in [-0.1, -0.05) is 24.3 Å². The molecular weight excluding hydrogens is 360 g/mol. The van der Waals surface area contributed by atoms with Crippen LogP contribution >= 0.6 is 11.3 Å². The Balaban J connectivity index is 1.79. The summed E-state index contributed by atoms with van der Waals surface area (Å²) in [5, 5.41) is 7.61. The number of benzene rings is 2. The zero-order chi connectivity index (χ0) is 19.2. The molecule has 0 aliphatic carbocycles. The van der Waals surface area contributed by atoms with Crippen LogP contribution in [0.3, 0.4) is 0 Å². The van der Waals surface area contributed by atoms with Gasteiger partial charge in [0.1, 0.15) is 5.75 Å². The number of carbonyl (C=O) groups excluding carboxylic acids is 2. The van der Waals surface area contributed by atoms with Crippen molar-refractivity contribution in [2.24, 2.45) is 0 Å². The molecule has 0 aliphatic rings. The average molecular weight is 380 g/mol. The maximum atomic E-state index is 12.7. The number of amides is 2. The van der Waals surface area contributed by atoms with Gasteiger partial charge < -0.3 is 15.4 Å². The molecule has 27 heavy (non-hydrogen) atoms. The second-order valence-corrected chi connectivity index (χ2v) is 6.79. The van der Waals surface area contributed by atoms with E-state index in [2.05, 4.69) is 10.6 Å². The van der Waals surface area contributed by atoms with Gasteiger partial charge in [-0.05, 0) is 55.1 Å². The molecule has 0 saturated heterocycles. The molecule has 0 unspecified atom stereocenters. The lowest BCUT2D eigenvalue weighted by Gasteiger charge is -2.13. The summed E-state index contributed by atoms with van der Waals surface area (Å²) in [6.45, 7) is 4.25. The van der Waals surface area contributed by atoms with Crippen molar-refractivity contribution >= 4 is 34.5 Å². The summed E-state index contributed by atoms with van der Waals surface area (Å²) in [4.78, 5) is 25.6. The van der Waals surface area contributed by atoms with Gasteiger partial charge in [-0.3, -0.25) is 9.59 Å². The molecule has 0 spiro atoms. The number of rotatable bonds is 6. The number of carbonyl (C=O) groups is 2. The first-order chi connectivity index (χ1) is 13.1. The van der Waals surface area contributed by atoms with Gasteiger partial charge in [0.05, 0.1) is 17.0 Å². The van der Waals surface area contributed by atoms with Crippen LogP contribution in [0.25, 0.3) is 0 Å². The van der Waals surface area contributed by atoms with Gasteiger partial charge in [0.25, 0.3) is 11.8 Å². The van der Waals surface area contributed by atoms with E-state index >= 15 is 0 Å². The highest BCUT2D eigenvalue weighted by Gasteiger charge is 2.14. The van der Waals surface area contributed by atoms with Crippen molar-refractivity contribution in [1.29, 1.82) is 0 Å². The molecule has 5 nitrogen and oxygen atoms in total. The van der Waals surface area contributed by atoms with Gasteiger partial charge in [0, 0.05) is 11.4 Å². The smallest absolute Gasteiger partial charge is 0.265 e. The monoisotopic (exact) mass is 380 g/mol. The zero-order valence-electron chi connectivity index (χ0n) is 15.1. The van der Waals surface area contributed by atoms with Crippen molar-refractivity contribution in [2.45, 2.75) is 13.8 Å². The minimum atomic E-state index is -0.260. The van der Waals surface area contributed by atoms with E-state index in [1.807, 2.05) is 43.5 Å². The fourth-order valence-corrected chi connectivity index (χ4v) is 3.18. The summed E-state index contributed by atoms with van der Waals surface area (Å²) in [5.74, 6) is 0.106. The van der Waals surface area contributed by atoms with Crippen LogP contribution in [0.15, 0.2) is 60.0 Å². The van der Waals surface area contributed by atoms with E-state index in [9.17, 15) is 9.59 Å². The number of hydrogen-bond donors (Lipinski definition) is 2. The van der Waals surface area contributed by atoms with E-state index in [0.717, 1.165) is 5.56 Å². The molecule has 138 valence electrons. The van der Waals surface area contributed by atoms with Crippen molar-refractivity contribution in [2.75, 3.05) is 17.2 Å². The molecule has 0 saturated carbocycles. The number of aryl methyl sites for hydroxylation is 1. The first-order valence-electron chi connectivity index (χ1n) is 8.57. The summed E-state index contributed by atoms with van der Waals surface area (Å²) < 4.78 is 5.53. The molecule has 1 heterocycles. The Bertz CT molecular complexity index is 952. The van der Waals surface area contributed by atoms with Crippen LogP contribution in [0.2, 0.25) is 0 Å². The van der Waals surface area contributed by atoms with E-state index in [-0.39, 0.29) is 11.8 Å². The van der Waals surface area contributed by atoms with Crippen LogP contribution in [0.5, 0.6) is 5.75 Å². The predicted molar refractivity (Wildman–Crippen MR) is 109 cm³/mol. The highest BCUT2D eigenvalue weighted by Crippen LogP contribution is 2.24. The second-order valence-electron chi connectivity index (χ2n) is 5.84. The molecule has 0 atom stereocenters. The number of thiophene rings is 1. The molecule has 1 aromatic heterocycles. The molecule has 6 heteroatoms. The van der Waals surface area contributed by atoms with E-state index in [4.69, 9.17) is 4.74 Å². The van der Waals surface area contributed by atoms with Crippen LogP contribution in [0.4, 0.5) is 11.4 Å². The van der Waals surface area contributed by atoms with Gasteiger partial charge in [-0.25, -0.2) is 0 Å². The third kappa shape index (κ3) is 4.54. The molecule has 0 aliphatic heterocycles. The molecule has 0 bridgehead atoms. The maximum absolute atomic E-state index is 12.7. The lowest BCUT2D eigenvalue weighted by Crippen LogP contribution is -2.15. The Kier molecular flexibility index (Phi) is 5.88. The minimum absolute atomic E-state index is 0.173. The van der Waals surface area contributed by atoms with Gasteiger partial charge in [-0.15, -0.1) is 11.3 Å². The maximum Gasteiger partial charge on any atom is 0.265 e. The number of para-hydroxylation sites is 1. The van der Waals surface area contributed by atoms with Gasteiger partial charge in [-0.2, -0.15) is 0 Å². The molecule has 2 aromatic carbocycles. The van der Waals surface area contributed by atoms with E-state index in [1.54, 1.807) is 30.3 Å². The zero-order valence-corrected chi connectivity index (χ0v) is 15.9. The van der Waals surface area contributed by atoms with Crippen molar-refractivity contribution < 1.29 is 14.3 Å². The van der Waals surface area contributed by atoms with Crippen LogP contribution < -0.4 is 15.4 Å². The van der Waals surface area contributed by atoms with Crippen molar-refractivity contribution in [1.82, 2.24) is 0 Å². The molecule has 0 radical (unpaired) electrons. The highest BCUT2D eigenvalue weighted by molar-refractivity contribution is 7.12. The summed E-state index contributed by atoms with van der Waals surface area (Å²) in [5.41, 5.74) is 2.61. The molecule has 0 fully saturated rings. The summed E-state index contributed by atoms with van der Waals surface area (Å²) in [6, 6.07) is 16.1. The fraction of sp³-hybridized carbons (Fsp3) is 0.143. The second kappa shape index (κ2) is 8.51. The van der Waals surface area contributed by atoms with Crippen molar-refractivity contribution in [3.8, 4) is 5.75 Å². The first-order valence-corrected chi connectivity index (χ1v) is 9.45. The normalized spacial score (nSPS) is 10.3. The number of ether oxygens (including phenoxy) is 1. The lowest BCUT2D eigenvalue weighted by molar-refractivity contribution is 0.101. The molecule has 3 rings (SSSR count). The number of nitrogens with one attached hydrogen (secondary N) is 2. The van der Waals surface area contributed by atoms with E-state index in [0.29, 0.717) is 34.2 Å². The molecule has 2 amide bonds. The van der Waals surface area contributed by atoms with Crippen molar-refractivity contribution in [3.63, 3.8) is 0 Å². The fourth-order valence-electron chi connectivity index (χ4n) is 2.56. The van der Waals surface area contributed by atoms with Gasteiger partial charge in [0.2, 0.25) is 0 Å². The van der Waals surface area contributed by atoms with Crippen molar-refractivity contribution in [3.05, 3.63) is 76.0 Å². The topological polar surface area (TPSA) is 67.4 Å². The Morgan fingerprint density at radius 2 is 1.81 bits per heavy atom. The lowest BCUT2D eigenvalue weighted by atomic mass is 10.1. The van der Waals surface area contributed by atoms with Crippen LogP contribution in [0.1, 0.15) is 32.5 Å². The Labute approximate surface area is 162 Å². The third-order valence-electron chi connectivity index (χ3n) is 3.92. The van der Waals surface area contributed by atoms with Gasteiger partial charge in [0.15, 0.2) is 0 Å². The van der Waals surface area contributed by atoms with Crippen LogP contribution in [-0.4, -0.2) is 18.4 Å². The predicted octanol–water partition coefficient (Wildman–Crippen LogP) is 4.96. The third-order valence-corrected chi connectivity index (χ3v) is 4.79. The van der Waals surface area contributed by atoms with E-state index in [1.165, 1.54) is 11.3 Å². The largest absolute Gasteiger partial charge is 0.493 e. The highest BCUT2D eigenvalue weighted by atomic mass is 32.1. The molecule has 2 N–H and O–H groups in total. The number of anilines is 2. The first kappa shape index (κ1) is 18.7. The summed E-state index contributed by atoms with van der Waals surface area (Å²) in [6.07, 6.45) is 0. The Morgan fingerprint density at radius 1 is 1.00 bits per heavy atom. The average Bonchev–Trinajstić information content (AvgIpc) is 3.20. The Morgan fingerprint density at radius 3 is 2.56 bits per heavy atom. The van der Waals surface area contributed by atoms with Crippen LogP contribution in [0, 0.1) is 6.92 Å². The standard InChI is InChI=1S/C21H20N2O3S/c1-3-26-18-8-5-4-7-16(18)20(24)23-17-13-15(11-10-14(17)2)22-21(25)19-9-6-12-27-19/h4-13H,3H2,1-2H3,(H,22,25)(H,23,24). The Hall–Kier alpha value is -3.12. The minimum Gasteiger partial charge on any atom is -0.493 e. The molecular formula is C21H20N2O3S. The quantitative estimate of drug-likeness (QED) is 0.635. The number of hydrogen-bond acceptors (Lipinski definition) is 4. The van der Waals surface area contributed by atoms with Crippen LogP contribution in [-0.2, 0) is 0 Å². The SMILES string of the molecule is CCOc1ccccc1C(=O)Nc1cc(NC(=O)c2cccs2)ccc1C. The molecule has 3 aromatic rings. The summed E-state index contributed by atoms with van der Waals surface area (Å²) >= 11 is 1.38.